The number of carbonyl (C=O) groups is 1. The molecular weight excluding hydrogens is 364 g/mol. The van der Waals surface area contributed by atoms with Gasteiger partial charge in [-0.15, -0.1) is 0 Å². The first kappa shape index (κ1) is 19.2. The van der Waals surface area contributed by atoms with E-state index < -0.39 is 10.0 Å². The van der Waals surface area contributed by atoms with E-state index in [0.717, 1.165) is 11.3 Å². The number of aryl methyl sites for hydroxylation is 1. The number of hydrogen-bond acceptors (Lipinski definition) is 4. The molecule has 144 valence electrons. The lowest BCUT2D eigenvalue weighted by molar-refractivity contribution is -0.130. The number of rotatable bonds is 5. The van der Waals surface area contributed by atoms with Gasteiger partial charge < -0.3 is 9.64 Å². The van der Waals surface area contributed by atoms with Gasteiger partial charge in [0.25, 0.3) is 15.9 Å². The minimum Gasteiger partial charge on any atom is -0.483 e. The van der Waals surface area contributed by atoms with E-state index in [4.69, 9.17) is 4.74 Å². The number of hydrogen-bond donors (Lipinski definition) is 0. The Labute approximate surface area is 160 Å². The molecule has 0 spiro atoms. The number of nitrogens with zero attached hydrogens (tertiary/aromatic N) is 2. The molecule has 0 radical (unpaired) electrons. The quantitative estimate of drug-likeness (QED) is 0.790. The topological polar surface area (TPSA) is 66.9 Å². The largest absolute Gasteiger partial charge is 0.483 e. The number of amides is 1. The average Bonchev–Trinajstić information content (AvgIpc) is 2.96. The molecule has 0 aromatic heterocycles. The zero-order chi connectivity index (χ0) is 19.8. The Balaban J connectivity index is 1.88. The van der Waals surface area contributed by atoms with Crippen LogP contribution >= 0.6 is 0 Å². The minimum atomic E-state index is -3.68. The van der Waals surface area contributed by atoms with E-state index in [1.165, 1.54) is 15.3 Å². The van der Waals surface area contributed by atoms with Crippen molar-refractivity contribution in [3.8, 4) is 5.75 Å². The molecule has 1 aliphatic heterocycles. The molecule has 0 bridgehead atoms. The van der Waals surface area contributed by atoms with Gasteiger partial charge in [0.1, 0.15) is 5.75 Å². The summed E-state index contributed by atoms with van der Waals surface area (Å²) >= 11 is 0. The summed E-state index contributed by atoms with van der Waals surface area (Å²) in [6.07, 6.45) is 0.697. The highest BCUT2D eigenvalue weighted by Crippen LogP contribution is 2.37. The standard InChI is InChI=1S/C20H24N2O4S/c1-14-11-17(9-10-19(14)26-13-20(23)21(3)4)27(24,25)22-15(2)12-16-7-5-6-8-18(16)22/h5-11,15H,12-13H2,1-4H3/t15-/m0/s1. The van der Waals surface area contributed by atoms with Crippen molar-refractivity contribution in [2.75, 3.05) is 25.0 Å². The number of sulfonamides is 1. The maximum absolute atomic E-state index is 13.3. The lowest BCUT2D eigenvalue weighted by Crippen LogP contribution is -2.35. The lowest BCUT2D eigenvalue weighted by atomic mass is 10.1. The fourth-order valence-electron chi connectivity index (χ4n) is 3.23. The highest BCUT2D eigenvalue weighted by molar-refractivity contribution is 7.92. The van der Waals surface area contributed by atoms with E-state index >= 15 is 0 Å². The third-order valence-corrected chi connectivity index (χ3v) is 6.62. The second-order valence-electron chi connectivity index (χ2n) is 6.99. The van der Waals surface area contributed by atoms with Crippen molar-refractivity contribution in [1.29, 1.82) is 0 Å². The fraction of sp³-hybridized carbons (Fsp3) is 0.350. The van der Waals surface area contributed by atoms with Crippen molar-refractivity contribution in [2.45, 2.75) is 31.2 Å². The van der Waals surface area contributed by atoms with Crippen LogP contribution in [0.1, 0.15) is 18.1 Å². The number of likely N-dealkylation sites (N-methyl/N-ethyl adjacent to an activating group) is 1. The first-order chi connectivity index (χ1) is 12.7. The molecule has 6 nitrogen and oxygen atoms in total. The highest BCUT2D eigenvalue weighted by atomic mass is 32.2. The van der Waals surface area contributed by atoms with E-state index in [9.17, 15) is 13.2 Å². The van der Waals surface area contributed by atoms with Crippen LogP contribution in [-0.2, 0) is 21.2 Å². The highest BCUT2D eigenvalue weighted by Gasteiger charge is 2.36. The summed E-state index contributed by atoms with van der Waals surface area (Å²) in [5.74, 6) is 0.340. The van der Waals surface area contributed by atoms with Crippen LogP contribution in [0.5, 0.6) is 5.75 Å². The summed E-state index contributed by atoms with van der Waals surface area (Å²) in [6, 6.07) is 12.2. The molecular formula is C20H24N2O4S. The van der Waals surface area contributed by atoms with Crippen LogP contribution < -0.4 is 9.04 Å². The van der Waals surface area contributed by atoms with Crippen LogP contribution in [0.3, 0.4) is 0 Å². The first-order valence-corrected chi connectivity index (χ1v) is 10.2. The molecule has 2 aromatic rings. The predicted molar refractivity (Wildman–Crippen MR) is 105 cm³/mol. The Hall–Kier alpha value is -2.54. The second kappa shape index (κ2) is 7.23. The van der Waals surface area contributed by atoms with Gasteiger partial charge in [-0.2, -0.15) is 0 Å². The molecule has 1 atom stereocenters. The fourth-order valence-corrected chi connectivity index (χ4v) is 5.01. The lowest BCUT2D eigenvalue weighted by Gasteiger charge is -2.25. The Morgan fingerprint density at radius 1 is 1.22 bits per heavy atom. The molecule has 1 heterocycles. The summed E-state index contributed by atoms with van der Waals surface area (Å²) < 4.78 is 33.5. The van der Waals surface area contributed by atoms with Crippen LogP contribution in [0, 0.1) is 6.92 Å². The summed E-state index contributed by atoms with van der Waals surface area (Å²) in [5, 5.41) is 0. The van der Waals surface area contributed by atoms with Crippen molar-refractivity contribution in [1.82, 2.24) is 4.90 Å². The number of benzene rings is 2. The van der Waals surface area contributed by atoms with Gasteiger partial charge in [-0.1, -0.05) is 18.2 Å². The molecule has 3 rings (SSSR count). The number of anilines is 1. The molecule has 0 saturated carbocycles. The van der Waals surface area contributed by atoms with Gasteiger partial charge in [0, 0.05) is 20.1 Å². The van der Waals surface area contributed by atoms with Gasteiger partial charge >= 0.3 is 0 Å². The van der Waals surface area contributed by atoms with Crippen LogP contribution in [-0.4, -0.2) is 46.0 Å². The van der Waals surface area contributed by atoms with Crippen LogP contribution in [0.25, 0.3) is 0 Å². The SMILES string of the molecule is Cc1cc(S(=O)(=O)N2c3ccccc3C[C@@H]2C)ccc1OCC(=O)N(C)C. The molecule has 0 fully saturated rings. The smallest absolute Gasteiger partial charge is 0.264 e. The number of fused-ring (bicyclic) bond motifs is 1. The number of carbonyl (C=O) groups excluding carboxylic acids is 1. The van der Waals surface area contributed by atoms with Gasteiger partial charge in [-0.25, -0.2) is 8.42 Å². The van der Waals surface area contributed by atoms with Gasteiger partial charge in [-0.05, 0) is 55.7 Å². The Bertz CT molecular complexity index is 970. The van der Waals surface area contributed by atoms with Crippen molar-refractivity contribution >= 4 is 21.6 Å². The molecule has 27 heavy (non-hydrogen) atoms. The van der Waals surface area contributed by atoms with Gasteiger partial charge in [0.05, 0.1) is 10.6 Å². The van der Waals surface area contributed by atoms with Gasteiger partial charge in [-0.3, -0.25) is 9.10 Å². The van der Waals surface area contributed by atoms with Crippen molar-refractivity contribution < 1.29 is 17.9 Å². The molecule has 0 saturated heterocycles. The van der Waals surface area contributed by atoms with Crippen molar-refractivity contribution in [2.24, 2.45) is 0 Å². The Morgan fingerprint density at radius 3 is 2.59 bits per heavy atom. The van der Waals surface area contributed by atoms with E-state index in [2.05, 4.69) is 0 Å². The van der Waals surface area contributed by atoms with Gasteiger partial charge in [0.15, 0.2) is 6.61 Å². The Morgan fingerprint density at radius 2 is 1.93 bits per heavy atom. The summed E-state index contributed by atoms with van der Waals surface area (Å²) in [5.41, 5.74) is 2.44. The average molecular weight is 388 g/mol. The summed E-state index contributed by atoms with van der Waals surface area (Å²) in [7, 11) is -0.371. The second-order valence-corrected chi connectivity index (χ2v) is 8.80. The monoisotopic (exact) mass is 388 g/mol. The Kier molecular flexibility index (Phi) is 5.15. The van der Waals surface area contributed by atoms with Gasteiger partial charge in [0.2, 0.25) is 0 Å². The predicted octanol–water partition coefficient (Wildman–Crippen LogP) is 2.60. The van der Waals surface area contributed by atoms with Crippen molar-refractivity contribution in [3.05, 3.63) is 53.6 Å². The van der Waals surface area contributed by atoms with Crippen molar-refractivity contribution in [3.63, 3.8) is 0 Å². The maximum atomic E-state index is 13.3. The summed E-state index contributed by atoms with van der Waals surface area (Å²) in [4.78, 5) is 13.3. The normalized spacial score (nSPS) is 16.1. The van der Waals surface area contributed by atoms with Crippen LogP contribution in [0.15, 0.2) is 47.4 Å². The number of para-hydroxylation sites is 1. The van der Waals surface area contributed by atoms with Crippen LogP contribution in [0.2, 0.25) is 0 Å². The molecule has 7 heteroatoms. The molecule has 1 aliphatic rings. The molecule has 0 aliphatic carbocycles. The van der Waals surface area contributed by atoms with E-state index in [1.807, 2.05) is 31.2 Å². The van der Waals surface area contributed by atoms with E-state index in [0.29, 0.717) is 17.7 Å². The molecule has 0 unspecified atom stereocenters. The zero-order valence-electron chi connectivity index (χ0n) is 16.0. The van der Waals surface area contributed by atoms with E-state index in [1.54, 1.807) is 33.2 Å². The molecule has 1 amide bonds. The zero-order valence-corrected chi connectivity index (χ0v) is 16.8. The number of ether oxygens (including phenoxy) is 1. The first-order valence-electron chi connectivity index (χ1n) is 8.77. The third kappa shape index (κ3) is 3.64. The maximum Gasteiger partial charge on any atom is 0.264 e. The molecule has 0 N–H and O–H groups in total. The third-order valence-electron chi connectivity index (χ3n) is 4.70. The summed E-state index contributed by atoms with van der Waals surface area (Å²) in [6.45, 7) is 3.60. The minimum absolute atomic E-state index is 0.0868. The van der Waals surface area contributed by atoms with Crippen LogP contribution in [0.4, 0.5) is 5.69 Å². The molecule has 2 aromatic carbocycles. The van der Waals surface area contributed by atoms with E-state index in [-0.39, 0.29) is 23.5 Å².